The van der Waals surface area contributed by atoms with Crippen molar-refractivity contribution in [2.75, 3.05) is 7.11 Å². The summed E-state index contributed by atoms with van der Waals surface area (Å²) in [6.45, 7) is 4.35. The highest BCUT2D eigenvalue weighted by Gasteiger charge is 2.44. The third-order valence-electron chi connectivity index (χ3n) is 6.70. The second-order valence-electron chi connectivity index (χ2n) is 9.35. The van der Waals surface area contributed by atoms with Gasteiger partial charge in [-0.3, -0.25) is 9.59 Å². The molecule has 0 fully saturated rings. The molecule has 1 aromatic heterocycles. The Balaban J connectivity index is 1.60. The average Bonchev–Trinajstić information content (AvgIpc) is 3.43. The molecule has 7 heteroatoms. The molecule has 6 nitrogen and oxygen atoms in total. The number of methoxy groups -OCH3 is 1. The van der Waals surface area contributed by atoms with Gasteiger partial charge >= 0.3 is 0 Å². The fourth-order valence-electron chi connectivity index (χ4n) is 4.73. The number of amides is 1. The van der Waals surface area contributed by atoms with Crippen LogP contribution in [0.3, 0.4) is 0 Å². The maximum absolute atomic E-state index is 13.8. The molecule has 188 valence electrons. The number of furan rings is 1. The zero-order valence-electron chi connectivity index (χ0n) is 20.7. The average molecular weight is 560 g/mol. The van der Waals surface area contributed by atoms with E-state index in [0.29, 0.717) is 17.3 Å². The molecule has 2 heterocycles. The summed E-state index contributed by atoms with van der Waals surface area (Å²) in [6, 6.07) is 21.4. The third-order valence-corrected chi connectivity index (χ3v) is 7.20. The minimum Gasteiger partial charge on any atom is -0.503 e. The Bertz CT molecular complexity index is 1530. The Kier molecular flexibility index (Phi) is 6.65. The molecule has 1 aliphatic heterocycles. The lowest BCUT2D eigenvalue weighted by molar-refractivity contribution is -0.130. The first-order valence-corrected chi connectivity index (χ1v) is 12.8. The standard InChI is InChI=1S/C30H26BrNO5/c1-17(2)18-8-10-19(11-9-18)27-26(28(33)25-15-21-14-22(31)12-13-24(21)37-25)29(34)30(35)32(27)16-20-6-4-5-7-23(20)36-3/h4-15,17,27,34H,16H2,1-3H3. The first-order valence-electron chi connectivity index (χ1n) is 12.0. The molecule has 5 rings (SSSR count). The number of rotatable bonds is 7. The van der Waals surface area contributed by atoms with Gasteiger partial charge in [0.25, 0.3) is 5.91 Å². The first-order chi connectivity index (χ1) is 17.8. The van der Waals surface area contributed by atoms with Crippen LogP contribution in [-0.4, -0.2) is 28.8 Å². The molecule has 1 unspecified atom stereocenters. The highest BCUT2D eigenvalue weighted by molar-refractivity contribution is 9.10. The van der Waals surface area contributed by atoms with Crippen molar-refractivity contribution in [2.24, 2.45) is 0 Å². The van der Waals surface area contributed by atoms with Crippen molar-refractivity contribution in [3.8, 4) is 5.75 Å². The van der Waals surface area contributed by atoms with Crippen molar-refractivity contribution in [2.45, 2.75) is 32.4 Å². The summed E-state index contributed by atoms with van der Waals surface area (Å²) >= 11 is 3.43. The van der Waals surface area contributed by atoms with Gasteiger partial charge in [0, 0.05) is 15.4 Å². The number of ether oxygens (including phenoxy) is 1. The summed E-state index contributed by atoms with van der Waals surface area (Å²) in [6.07, 6.45) is 0. The van der Waals surface area contributed by atoms with E-state index in [0.717, 1.165) is 26.5 Å². The van der Waals surface area contributed by atoms with Crippen LogP contribution in [0.2, 0.25) is 0 Å². The monoisotopic (exact) mass is 559 g/mol. The summed E-state index contributed by atoms with van der Waals surface area (Å²) in [4.78, 5) is 28.7. The molecule has 0 saturated carbocycles. The van der Waals surface area contributed by atoms with Gasteiger partial charge in [0.1, 0.15) is 11.3 Å². The van der Waals surface area contributed by atoms with Crippen molar-refractivity contribution < 1.29 is 23.8 Å². The first kappa shape index (κ1) is 24.8. The van der Waals surface area contributed by atoms with Gasteiger partial charge in [-0.2, -0.15) is 0 Å². The van der Waals surface area contributed by atoms with E-state index < -0.39 is 23.5 Å². The van der Waals surface area contributed by atoms with Crippen LogP contribution in [0, 0.1) is 0 Å². The molecule has 0 radical (unpaired) electrons. The van der Waals surface area contributed by atoms with Gasteiger partial charge in [-0.05, 0) is 47.4 Å². The van der Waals surface area contributed by atoms with E-state index in [-0.39, 0.29) is 17.9 Å². The summed E-state index contributed by atoms with van der Waals surface area (Å²) in [5, 5.41) is 11.8. The summed E-state index contributed by atoms with van der Waals surface area (Å²) in [5.41, 5.74) is 3.15. The smallest absolute Gasteiger partial charge is 0.290 e. The number of halogens is 1. The second kappa shape index (κ2) is 9.90. The van der Waals surface area contributed by atoms with Gasteiger partial charge in [-0.15, -0.1) is 0 Å². The number of benzene rings is 3. The van der Waals surface area contributed by atoms with Crippen LogP contribution in [0.1, 0.15) is 53.1 Å². The highest BCUT2D eigenvalue weighted by Crippen LogP contribution is 2.41. The third kappa shape index (κ3) is 4.55. The van der Waals surface area contributed by atoms with Crippen molar-refractivity contribution in [1.82, 2.24) is 4.90 Å². The Morgan fingerprint density at radius 3 is 2.51 bits per heavy atom. The molecule has 0 aliphatic carbocycles. The lowest BCUT2D eigenvalue weighted by Crippen LogP contribution is -2.30. The van der Waals surface area contributed by atoms with E-state index in [1.807, 2.05) is 60.7 Å². The number of aliphatic hydroxyl groups excluding tert-OH is 1. The van der Waals surface area contributed by atoms with Crippen LogP contribution in [-0.2, 0) is 11.3 Å². The zero-order chi connectivity index (χ0) is 26.3. The normalized spacial score (nSPS) is 15.8. The van der Waals surface area contributed by atoms with Crippen LogP contribution in [0.25, 0.3) is 11.0 Å². The number of carbonyl (C=O) groups excluding carboxylic acids is 2. The molecule has 0 bridgehead atoms. The van der Waals surface area contributed by atoms with Gasteiger partial charge < -0.3 is 19.2 Å². The fourth-order valence-corrected chi connectivity index (χ4v) is 5.11. The van der Waals surface area contributed by atoms with Gasteiger partial charge in [0.05, 0.1) is 25.3 Å². The molecule has 1 aliphatic rings. The van der Waals surface area contributed by atoms with Crippen LogP contribution >= 0.6 is 15.9 Å². The number of aliphatic hydroxyl groups is 1. The maximum atomic E-state index is 13.8. The lowest BCUT2D eigenvalue weighted by Gasteiger charge is -2.27. The lowest BCUT2D eigenvalue weighted by atomic mass is 9.92. The van der Waals surface area contributed by atoms with E-state index in [2.05, 4.69) is 29.8 Å². The summed E-state index contributed by atoms with van der Waals surface area (Å²) in [5.74, 6) is -0.718. The number of para-hydroxylation sites is 1. The molecule has 4 aromatic rings. The Labute approximate surface area is 223 Å². The van der Waals surface area contributed by atoms with Gasteiger partial charge in [0.2, 0.25) is 5.78 Å². The SMILES string of the molecule is COc1ccccc1CN1C(=O)C(O)=C(C(=O)c2cc3cc(Br)ccc3o2)C1c1ccc(C(C)C)cc1. The molecule has 0 spiro atoms. The van der Waals surface area contributed by atoms with Crippen molar-refractivity contribution in [3.05, 3.63) is 111 Å². The molecule has 1 amide bonds. The highest BCUT2D eigenvalue weighted by atomic mass is 79.9. The number of hydrogen-bond acceptors (Lipinski definition) is 5. The summed E-state index contributed by atoms with van der Waals surface area (Å²) < 4.78 is 12.2. The molecular weight excluding hydrogens is 534 g/mol. The maximum Gasteiger partial charge on any atom is 0.290 e. The molecular formula is C30H26BrNO5. The molecule has 37 heavy (non-hydrogen) atoms. The van der Waals surface area contributed by atoms with Gasteiger partial charge in [-0.1, -0.05) is 72.2 Å². The Morgan fingerprint density at radius 1 is 1.08 bits per heavy atom. The van der Waals surface area contributed by atoms with E-state index in [1.54, 1.807) is 19.2 Å². The largest absolute Gasteiger partial charge is 0.503 e. The minimum atomic E-state index is -0.800. The Morgan fingerprint density at radius 2 is 1.81 bits per heavy atom. The quantitative estimate of drug-likeness (QED) is 0.244. The Hall–Kier alpha value is -3.84. The molecule has 0 saturated heterocycles. The van der Waals surface area contributed by atoms with Crippen LogP contribution < -0.4 is 4.74 Å². The topological polar surface area (TPSA) is 80.0 Å². The number of fused-ring (bicyclic) bond motifs is 1. The van der Waals surface area contributed by atoms with Gasteiger partial charge in [-0.25, -0.2) is 0 Å². The van der Waals surface area contributed by atoms with Crippen LogP contribution in [0.4, 0.5) is 0 Å². The fraction of sp³-hybridized carbons (Fsp3) is 0.200. The van der Waals surface area contributed by atoms with E-state index in [4.69, 9.17) is 9.15 Å². The molecule has 1 N–H and O–H groups in total. The van der Waals surface area contributed by atoms with Crippen LogP contribution in [0.5, 0.6) is 5.75 Å². The predicted molar refractivity (Wildman–Crippen MR) is 145 cm³/mol. The minimum absolute atomic E-state index is 0.00434. The second-order valence-corrected chi connectivity index (χ2v) is 10.3. The summed E-state index contributed by atoms with van der Waals surface area (Å²) in [7, 11) is 1.57. The number of ketones is 1. The molecule has 1 atom stereocenters. The van der Waals surface area contributed by atoms with E-state index in [1.165, 1.54) is 4.90 Å². The van der Waals surface area contributed by atoms with Crippen molar-refractivity contribution in [3.63, 3.8) is 0 Å². The number of Topliss-reactive ketones (excluding diaryl/α,β-unsaturated/α-hetero) is 1. The van der Waals surface area contributed by atoms with Crippen molar-refractivity contribution >= 4 is 38.6 Å². The molecule has 3 aromatic carbocycles. The van der Waals surface area contributed by atoms with Gasteiger partial charge in [0.15, 0.2) is 11.5 Å². The number of carbonyl (C=O) groups is 2. The number of nitrogens with zero attached hydrogens (tertiary/aromatic N) is 1. The predicted octanol–water partition coefficient (Wildman–Crippen LogP) is 7.11. The van der Waals surface area contributed by atoms with E-state index in [9.17, 15) is 14.7 Å². The zero-order valence-corrected chi connectivity index (χ0v) is 22.3. The van der Waals surface area contributed by atoms with E-state index >= 15 is 0 Å². The van der Waals surface area contributed by atoms with Crippen molar-refractivity contribution in [1.29, 1.82) is 0 Å². The van der Waals surface area contributed by atoms with Crippen LogP contribution in [0.15, 0.2) is 93.0 Å². The number of hydrogen-bond donors (Lipinski definition) is 1.